The highest BCUT2D eigenvalue weighted by Gasteiger charge is 2.39. The fraction of sp³-hybridized carbons (Fsp3) is 0.710. The second-order valence-electron chi connectivity index (χ2n) is 25.3. The van der Waals surface area contributed by atoms with Crippen LogP contribution in [0, 0.1) is 28.6 Å². The number of carboxylic acids is 1. The summed E-state index contributed by atoms with van der Waals surface area (Å²) in [6.07, 6.45) is -2.35. The van der Waals surface area contributed by atoms with E-state index in [1.54, 1.807) is 41.5 Å². The van der Waals surface area contributed by atoms with E-state index >= 15 is 0 Å². The van der Waals surface area contributed by atoms with E-state index in [4.69, 9.17) is 28.0 Å². The third-order valence-electron chi connectivity index (χ3n) is 16.5. The summed E-state index contributed by atoms with van der Waals surface area (Å²) in [4.78, 5) is 213. The van der Waals surface area contributed by atoms with E-state index in [9.17, 15) is 97.1 Å². The molecule has 45 heteroatoms. The lowest BCUT2D eigenvalue weighted by Crippen LogP contribution is -2.63. The Morgan fingerprint density at radius 1 is 0.364 bits per heavy atom. The van der Waals surface area contributed by atoms with Crippen LogP contribution < -0.4 is 108 Å². The predicted molar refractivity (Wildman–Crippen MR) is 398 cm³/mol. The number of aliphatic hydroxyl groups is 3. The highest BCUT2D eigenvalue weighted by molar-refractivity contribution is 7.80. The van der Waals surface area contributed by atoms with Gasteiger partial charge in [0.05, 0.1) is 44.5 Å². The highest BCUT2D eigenvalue weighted by atomic mass is 32.1. The van der Waals surface area contributed by atoms with Crippen molar-refractivity contribution in [1.29, 1.82) is 10.8 Å². The van der Waals surface area contributed by atoms with Crippen LogP contribution in [0.5, 0.6) is 0 Å². The molecular formula is C62H112N22O20S3. The van der Waals surface area contributed by atoms with Crippen molar-refractivity contribution in [3.8, 4) is 0 Å². The number of hydrogen-bond acceptors (Lipinski definition) is 25. The topological polar surface area (TPSA) is 684 Å². The number of guanidine groups is 2. The van der Waals surface area contributed by atoms with Crippen LogP contribution in [0.1, 0.15) is 114 Å². The first-order chi connectivity index (χ1) is 50.1. The van der Waals surface area contributed by atoms with E-state index in [1.807, 2.05) is 0 Å². The van der Waals surface area contributed by atoms with Gasteiger partial charge in [0, 0.05) is 30.3 Å². The van der Waals surface area contributed by atoms with Gasteiger partial charge in [-0.05, 0) is 71.1 Å². The van der Waals surface area contributed by atoms with Gasteiger partial charge in [0.15, 0.2) is 11.9 Å². The summed E-state index contributed by atoms with van der Waals surface area (Å²) < 4.78 is 0. The fourth-order valence-corrected chi connectivity index (χ4v) is 10.0. The van der Waals surface area contributed by atoms with Crippen molar-refractivity contribution in [2.45, 2.75) is 205 Å². The Balaban J connectivity index is 6.26. The van der Waals surface area contributed by atoms with Gasteiger partial charge in [-0.15, -0.1) is 0 Å². The molecule has 0 aliphatic rings. The molecule has 0 rings (SSSR count). The first kappa shape index (κ1) is 98.0. The zero-order valence-corrected chi connectivity index (χ0v) is 64.3. The standard InChI is InChI=1S/C62H112N22O20S3/c1-11-27(4)43(80-53(96)39(26-107)79-58(101)46(32(9)86)83-49(92)34(63)24-105)55(98)72-20-40(88)73-30(7)48(91)70-21-41(89)75-35(16-14-18-68-61(64)65)50(93)71-22-42(90)76-36(17-15-19-69-62(66)67)51(94)81-45(29(6)13-3)57(100)77-37(23-85)52(95)78-38(25-106)54(97)84-47(33(10)87)59(102)82-44(28(5)12-2)56(99)74-31(8)60(103)104/h27-39,43-47,85-87,105-107H,11-26,63H2,1-10H3,(H,70,91)(H,71,93)(H,72,98)(H,73,88)(H,74,99)(H,75,89)(H,76,90)(H,77,100)(H,78,95)(H,79,101)(H,80,96)(H,81,94)(H,82,102)(H,83,92)(H,84,97)(H,103,104)(H4,64,65,68)(H4,66,67,69)/t27-,28-,29-,30-,31-,32+,33+,34-,35-,36-,37-,38-,39-,43-,44-,45-,46-,47-/m0/s1. The number of rotatable bonds is 51. The van der Waals surface area contributed by atoms with Crippen molar-refractivity contribution < 1.29 is 97.1 Å². The average molecular weight is 1580 g/mol. The number of thiol groups is 3. The molecule has 0 aromatic heterocycles. The molecule has 0 aromatic rings. The van der Waals surface area contributed by atoms with Crippen LogP contribution in [0.15, 0.2) is 0 Å². The zero-order valence-electron chi connectivity index (χ0n) is 61.6. The third-order valence-corrected chi connectivity index (χ3v) is 17.7. The summed E-state index contributed by atoms with van der Waals surface area (Å²) in [6, 6.07) is -18.9. The smallest absolute Gasteiger partial charge is 0.325 e. The van der Waals surface area contributed by atoms with Crippen LogP contribution in [-0.4, -0.2) is 274 Å². The second-order valence-corrected chi connectivity index (χ2v) is 26.4. The van der Waals surface area contributed by atoms with Gasteiger partial charge in [-0.1, -0.05) is 60.8 Å². The number of aliphatic hydroxyl groups excluding tert-OH is 3. The van der Waals surface area contributed by atoms with Crippen molar-refractivity contribution in [3.63, 3.8) is 0 Å². The lowest BCUT2D eigenvalue weighted by atomic mass is 9.97. The van der Waals surface area contributed by atoms with Crippen LogP contribution in [0.3, 0.4) is 0 Å². The quantitative estimate of drug-likeness (QED) is 0.0116. The minimum atomic E-state index is -1.81. The largest absolute Gasteiger partial charge is 0.480 e. The van der Waals surface area contributed by atoms with E-state index in [-0.39, 0.29) is 56.7 Å². The van der Waals surface area contributed by atoms with Crippen LogP contribution in [0.25, 0.3) is 0 Å². The molecular weight excluding hydrogens is 1470 g/mol. The average Bonchev–Trinajstić information content (AvgIpc) is 0.854. The molecule has 608 valence electrons. The molecule has 0 bridgehead atoms. The molecule has 15 amide bonds. The molecule has 0 aliphatic heterocycles. The van der Waals surface area contributed by atoms with Crippen molar-refractivity contribution >= 4 is 144 Å². The van der Waals surface area contributed by atoms with Gasteiger partial charge >= 0.3 is 5.97 Å². The van der Waals surface area contributed by atoms with Crippen LogP contribution >= 0.6 is 37.9 Å². The first-order valence-corrected chi connectivity index (χ1v) is 36.4. The molecule has 0 heterocycles. The highest BCUT2D eigenvalue weighted by Crippen LogP contribution is 2.14. The molecule has 29 N–H and O–H groups in total. The van der Waals surface area contributed by atoms with E-state index < -0.39 is 247 Å². The van der Waals surface area contributed by atoms with Gasteiger partial charge in [-0.3, -0.25) is 87.5 Å². The zero-order chi connectivity index (χ0) is 82.1. The maximum absolute atomic E-state index is 14.2. The molecule has 0 saturated heterocycles. The van der Waals surface area contributed by atoms with Gasteiger partial charge < -0.3 is 128 Å². The lowest BCUT2D eigenvalue weighted by Gasteiger charge is -2.29. The Kier molecular flexibility index (Phi) is 46.9. The summed E-state index contributed by atoms with van der Waals surface area (Å²) in [7, 11) is 0. The van der Waals surface area contributed by atoms with Crippen molar-refractivity contribution in [3.05, 3.63) is 0 Å². The van der Waals surface area contributed by atoms with Crippen LogP contribution in [0.2, 0.25) is 0 Å². The van der Waals surface area contributed by atoms with Crippen molar-refractivity contribution in [1.82, 2.24) is 90.4 Å². The number of carboxylic acid groups (broad SMARTS) is 1. The molecule has 0 aromatic carbocycles. The van der Waals surface area contributed by atoms with Crippen LogP contribution in [-0.2, 0) is 76.7 Å². The van der Waals surface area contributed by atoms with E-state index in [2.05, 4.69) is 128 Å². The minimum Gasteiger partial charge on any atom is -0.480 e. The number of hydrogen-bond donors (Lipinski definition) is 29. The molecule has 0 fully saturated rings. The first-order valence-electron chi connectivity index (χ1n) is 34.5. The van der Waals surface area contributed by atoms with Crippen molar-refractivity contribution in [2.24, 2.45) is 35.0 Å². The Bertz CT molecular complexity index is 3050. The van der Waals surface area contributed by atoms with E-state index in [1.165, 1.54) is 20.8 Å². The summed E-state index contributed by atoms with van der Waals surface area (Å²) in [5.74, 6) is -19.2. The monoisotopic (exact) mass is 1580 g/mol. The molecule has 0 unspecified atom stereocenters. The number of amides is 15. The number of carbonyl (C=O) groups is 16. The maximum atomic E-state index is 14.2. The summed E-state index contributed by atoms with van der Waals surface area (Å²) in [6.45, 7) is 11.3. The number of nitrogens with two attached hydrogens (primary N) is 3. The van der Waals surface area contributed by atoms with Gasteiger partial charge in [-0.2, -0.15) is 37.9 Å². The lowest BCUT2D eigenvalue weighted by molar-refractivity contribution is -0.142. The summed E-state index contributed by atoms with van der Waals surface area (Å²) in [5.41, 5.74) is 16.5. The SMILES string of the molecule is CC[C@H](C)[C@H](NC(=O)[C@H](CS)NC(=O)[C@@H](NC(=O)[C@@H](N)CS)[C@@H](C)O)C(=O)NCC(=O)N[C@@H](C)C(=O)NCC(=O)N[C@@H](CCCNC(=N)N)C(=O)NCC(=O)N[C@@H](CCCNC(=N)N)C(=O)N[C@H](C(=O)N[C@@H](CO)C(=O)N[C@@H](CS)C(=O)N[C@H](C(=O)N[C@H](C(=O)N[C@@H](C)C(=O)O)[C@@H](C)CC)[C@@H](C)O)[C@@H](C)CC. The van der Waals surface area contributed by atoms with Gasteiger partial charge in [0.1, 0.15) is 72.5 Å². The molecule has 0 radical (unpaired) electrons. The second kappa shape index (κ2) is 51.3. The maximum Gasteiger partial charge on any atom is 0.325 e. The van der Waals surface area contributed by atoms with Gasteiger partial charge in [-0.25, -0.2) is 0 Å². The molecule has 18 atom stereocenters. The third kappa shape index (κ3) is 36.9. The van der Waals surface area contributed by atoms with E-state index in [0.29, 0.717) is 12.8 Å². The normalized spacial score (nSPS) is 16.0. The summed E-state index contributed by atoms with van der Waals surface area (Å²) in [5, 5.41) is 96.1. The Morgan fingerprint density at radius 3 is 1.07 bits per heavy atom. The molecule has 0 saturated carbocycles. The number of aliphatic carboxylic acids is 1. The summed E-state index contributed by atoms with van der Waals surface area (Å²) >= 11 is 12.2. The molecule has 42 nitrogen and oxygen atoms in total. The Labute approximate surface area is 636 Å². The fourth-order valence-electron chi connectivity index (χ4n) is 9.34. The molecule has 0 aliphatic carbocycles. The van der Waals surface area contributed by atoms with Gasteiger partial charge in [0.2, 0.25) is 88.6 Å². The number of carbonyl (C=O) groups excluding carboxylic acids is 15. The Morgan fingerprint density at radius 2 is 0.682 bits per heavy atom. The predicted octanol–water partition coefficient (Wildman–Crippen LogP) is -10.2. The minimum absolute atomic E-state index is 0.00969. The molecule has 107 heavy (non-hydrogen) atoms. The molecule has 0 spiro atoms. The van der Waals surface area contributed by atoms with Gasteiger partial charge in [0.25, 0.3) is 0 Å². The van der Waals surface area contributed by atoms with Crippen LogP contribution in [0.4, 0.5) is 0 Å². The Hall–Kier alpha value is -9.05. The van der Waals surface area contributed by atoms with Crippen molar-refractivity contribution in [2.75, 3.05) is 56.6 Å². The number of nitrogens with one attached hydrogen (secondary N) is 19. The van der Waals surface area contributed by atoms with E-state index in [0.717, 1.165) is 6.92 Å².